The summed E-state index contributed by atoms with van der Waals surface area (Å²) < 4.78 is 1.85. The molecule has 0 aliphatic carbocycles. The number of rotatable bonds is 5. The van der Waals surface area contributed by atoms with Gasteiger partial charge in [0, 0.05) is 24.8 Å². The van der Waals surface area contributed by atoms with Crippen molar-refractivity contribution in [2.24, 2.45) is 5.92 Å². The Morgan fingerprint density at radius 1 is 1.27 bits per heavy atom. The fourth-order valence-electron chi connectivity index (χ4n) is 3.47. The van der Waals surface area contributed by atoms with Gasteiger partial charge < -0.3 is 9.80 Å². The highest BCUT2D eigenvalue weighted by Gasteiger charge is 2.35. The molecule has 1 aromatic heterocycles. The molecular formula is C17H30N4O. The highest BCUT2D eigenvalue weighted by atomic mass is 16.2. The normalized spacial score (nSPS) is 21.9. The first kappa shape index (κ1) is 17.0. The van der Waals surface area contributed by atoms with Crippen LogP contribution in [0.3, 0.4) is 0 Å². The number of amides is 1. The summed E-state index contributed by atoms with van der Waals surface area (Å²) >= 11 is 0. The molecular weight excluding hydrogens is 276 g/mol. The zero-order valence-corrected chi connectivity index (χ0v) is 14.9. The number of aromatic nitrogens is 2. The van der Waals surface area contributed by atoms with Crippen molar-refractivity contribution in [3.63, 3.8) is 0 Å². The van der Waals surface area contributed by atoms with E-state index in [4.69, 9.17) is 0 Å². The van der Waals surface area contributed by atoms with Crippen molar-refractivity contribution in [1.29, 1.82) is 0 Å². The van der Waals surface area contributed by atoms with Crippen molar-refractivity contribution in [2.75, 3.05) is 27.2 Å². The molecule has 22 heavy (non-hydrogen) atoms. The standard InChI is InChI=1S/C17H30N4O/c1-7-8-15-9-20(10-16(15)19(5)6)17(22)11-21-14(4)12(2)13(3)18-21/h15-16H,7-11H2,1-6H3/t15-,16-/m1/s1. The van der Waals surface area contributed by atoms with E-state index in [1.165, 1.54) is 18.4 Å². The van der Waals surface area contributed by atoms with E-state index in [9.17, 15) is 4.79 Å². The Morgan fingerprint density at radius 3 is 2.45 bits per heavy atom. The van der Waals surface area contributed by atoms with E-state index in [0.717, 1.165) is 24.5 Å². The van der Waals surface area contributed by atoms with Gasteiger partial charge in [0.2, 0.25) is 5.91 Å². The maximum Gasteiger partial charge on any atom is 0.244 e. The lowest BCUT2D eigenvalue weighted by Crippen LogP contribution is -2.37. The molecule has 0 spiro atoms. The smallest absolute Gasteiger partial charge is 0.244 e. The van der Waals surface area contributed by atoms with Crippen LogP contribution in [0.5, 0.6) is 0 Å². The summed E-state index contributed by atoms with van der Waals surface area (Å²) in [4.78, 5) is 16.9. The lowest BCUT2D eigenvalue weighted by Gasteiger charge is -2.24. The summed E-state index contributed by atoms with van der Waals surface area (Å²) in [5.41, 5.74) is 3.30. The first-order valence-corrected chi connectivity index (χ1v) is 8.29. The summed E-state index contributed by atoms with van der Waals surface area (Å²) in [6, 6.07) is 0.478. The van der Waals surface area contributed by atoms with Gasteiger partial charge in [-0.05, 0) is 52.8 Å². The Kier molecular flexibility index (Phi) is 5.27. The van der Waals surface area contributed by atoms with Gasteiger partial charge in [0.1, 0.15) is 6.54 Å². The molecule has 0 unspecified atom stereocenters. The van der Waals surface area contributed by atoms with E-state index in [0.29, 0.717) is 18.5 Å². The van der Waals surface area contributed by atoms with Crippen molar-refractivity contribution in [3.05, 3.63) is 17.0 Å². The molecule has 0 bridgehead atoms. The molecule has 2 heterocycles. The number of aryl methyl sites for hydroxylation is 1. The van der Waals surface area contributed by atoms with Crippen molar-refractivity contribution >= 4 is 5.91 Å². The van der Waals surface area contributed by atoms with E-state index >= 15 is 0 Å². The van der Waals surface area contributed by atoms with Gasteiger partial charge in [-0.3, -0.25) is 9.48 Å². The molecule has 0 N–H and O–H groups in total. The van der Waals surface area contributed by atoms with Gasteiger partial charge in [0.15, 0.2) is 0 Å². The SMILES string of the molecule is CCC[C@@H]1CN(C(=O)Cn2nc(C)c(C)c2C)C[C@H]1N(C)C. The Bertz CT molecular complexity index is 535. The maximum atomic E-state index is 12.7. The summed E-state index contributed by atoms with van der Waals surface area (Å²) in [6.45, 7) is 10.4. The minimum absolute atomic E-state index is 0.191. The molecule has 1 amide bonds. The lowest BCUT2D eigenvalue weighted by molar-refractivity contribution is -0.131. The molecule has 1 aliphatic heterocycles. The van der Waals surface area contributed by atoms with Crippen LogP contribution >= 0.6 is 0 Å². The van der Waals surface area contributed by atoms with Crippen LogP contribution in [-0.2, 0) is 11.3 Å². The van der Waals surface area contributed by atoms with Crippen LogP contribution in [0, 0.1) is 26.7 Å². The van der Waals surface area contributed by atoms with Crippen molar-refractivity contribution in [2.45, 2.75) is 53.1 Å². The van der Waals surface area contributed by atoms with Gasteiger partial charge in [-0.1, -0.05) is 13.3 Å². The molecule has 1 aliphatic rings. The van der Waals surface area contributed by atoms with Gasteiger partial charge in [-0.2, -0.15) is 5.10 Å². The molecule has 1 saturated heterocycles. The second-order valence-corrected chi connectivity index (χ2v) is 6.83. The number of hydrogen-bond acceptors (Lipinski definition) is 3. The van der Waals surface area contributed by atoms with Crippen LogP contribution < -0.4 is 0 Å². The molecule has 0 radical (unpaired) electrons. The first-order valence-electron chi connectivity index (χ1n) is 8.29. The quantitative estimate of drug-likeness (QED) is 0.835. The fourth-order valence-corrected chi connectivity index (χ4v) is 3.47. The zero-order chi connectivity index (χ0) is 16.4. The molecule has 5 nitrogen and oxygen atoms in total. The van der Waals surface area contributed by atoms with E-state index in [1.54, 1.807) is 0 Å². The van der Waals surface area contributed by atoms with Crippen molar-refractivity contribution in [1.82, 2.24) is 19.6 Å². The topological polar surface area (TPSA) is 41.4 Å². The van der Waals surface area contributed by atoms with Crippen LogP contribution in [0.4, 0.5) is 0 Å². The number of carbonyl (C=O) groups excluding carboxylic acids is 1. The van der Waals surface area contributed by atoms with E-state index in [-0.39, 0.29) is 5.91 Å². The number of nitrogens with zero attached hydrogens (tertiary/aromatic N) is 4. The Morgan fingerprint density at radius 2 is 1.95 bits per heavy atom. The molecule has 0 saturated carbocycles. The third kappa shape index (κ3) is 3.35. The van der Waals surface area contributed by atoms with Crippen molar-refractivity contribution in [3.8, 4) is 0 Å². The molecule has 2 atom stereocenters. The molecule has 5 heteroatoms. The molecule has 0 aromatic carbocycles. The molecule has 124 valence electrons. The Balaban J connectivity index is 2.05. The average molecular weight is 306 g/mol. The fraction of sp³-hybridized carbons (Fsp3) is 0.765. The van der Waals surface area contributed by atoms with Crippen LogP contribution in [0.15, 0.2) is 0 Å². The zero-order valence-electron chi connectivity index (χ0n) is 14.9. The third-order valence-corrected chi connectivity index (χ3v) is 5.11. The Labute approximate surface area is 134 Å². The second-order valence-electron chi connectivity index (χ2n) is 6.83. The summed E-state index contributed by atoms with van der Waals surface area (Å²) in [7, 11) is 4.23. The van der Waals surface area contributed by atoms with Gasteiger partial charge in [0.25, 0.3) is 0 Å². The lowest BCUT2D eigenvalue weighted by atomic mass is 9.98. The number of likely N-dealkylation sites (tertiary alicyclic amines) is 1. The number of hydrogen-bond donors (Lipinski definition) is 0. The Hall–Kier alpha value is -1.36. The molecule has 1 fully saturated rings. The van der Waals surface area contributed by atoms with E-state index < -0.39 is 0 Å². The molecule has 1 aromatic rings. The number of likely N-dealkylation sites (N-methyl/N-ethyl adjacent to an activating group) is 1. The predicted molar refractivity (Wildman–Crippen MR) is 88.9 cm³/mol. The van der Waals surface area contributed by atoms with E-state index in [1.807, 2.05) is 23.4 Å². The van der Waals surface area contributed by atoms with Gasteiger partial charge in [0.05, 0.1) is 5.69 Å². The van der Waals surface area contributed by atoms with Gasteiger partial charge >= 0.3 is 0 Å². The number of carbonyl (C=O) groups is 1. The minimum atomic E-state index is 0.191. The highest BCUT2D eigenvalue weighted by molar-refractivity contribution is 5.76. The average Bonchev–Trinajstić information content (AvgIpc) is 2.98. The van der Waals surface area contributed by atoms with E-state index in [2.05, 4.69) is 37.9 Å². The first-order chi connectivity index (χ1) is 10.3. The van der Waals surface area contributed by atoms with Gasteiger partial charge in [-0.25, -0.2) is 0 Å². The molecule has 2 rings (SSSR count). The monoisotopic (exact) mass is 306 g/mol. The predicted octanol–water partition coefficient (Wildman–Crippen LogP) is 2.00. The van der Waals surface area contributed by atoms with Crippen LogP contribution in [0.1, 0.15) is 36.7 Å². The largest absolute Gasteiger partial charge is 0.339 e. The minimum Gasteiger partial charge on any atom is -0.339 e. The summed E-state index contributed by atoms with van der Waals surface area (Å²) in [6.07, 6.45) is 2.36. The summed E-state index contributed by atoms with van der Waals surface area (Å²) in [5.74, 6) is 0.780. The van der Waals surface area contributed by atoms with Crippen molar-refractivity contribution < 1.29 is 4.79 Å². The highest BCUT2D eigenvalue weighted by Crippen LogP contribution is 2.25. The summed E-state index contributed by atoms with van der Waals surface area (Å²) in [5, 5.41) is 4.49. The van der Waals surface area contributed by atoms with Crippen LogP contribution in [-0.4, -0.2) is 58.7 Å². The van der Waals surface area contributed by atoms with Gasteiger partial charge in [-0.15, -0.1) is 0 Å². The van der Waals surface area contributed by atoms with Crippen LogP contribution in [0.2, 0.25) is 0 Å². The third-order valence-electron chi connectivity index (χ3n) is 5.11. The second kappa shape index (κ2) is 6.82. The maximum absolute atomic E-state index is 12.7. The van der Waals surface area contributed by atoms with Crippen LogP contribution in [0.25, 0.3) is 0 Å².